The van der Waals surface area contributed by atoms with Crippen molar-refractivity contribution in [3.8, 4) is 0 Å². The Morgan fingerprint density at radius 3 is 2.70 bits per heavy atom. The van der Waals surface area contributed by atoms with Gasteiger partial charge in [-0.1, -0.05) is 18.2 Å². The Hall–Kier alpha value is -1.59. The third-order valence-corrected chi connectivity index (χ3v) is 3.13. The monoisotopic (exact) mass is 297 g/mol. The van der Waals surface area contributed by atoms with E-state index in [1.54, 1.807) is 18.7 Å². The van der Waals surface area contributed by atoms with Crippen LogP contribution in [0.1, 0.15) is 19.4 Å². The van der Waals surface area contributed by atoms with Crippen LogP contribution in [-0.2, 0) is 16.0 Å². The van der Waals surface area contributed by atoms with Gasteiger partial charge in [-0.25, -0.2) is 0 Å². The van der Waals surface area contributed by atoms with Crippen molar-refractivity contribution in [2.45, 2.75) is 25.8 Å². The SMILES string of the molecule is CC(C)(N)C(=O)NCCN1C(=O)Cc2ccccc21.Cl. The van der Waals surface area contributed by atoms with Gasteiger partial charge in [0.15, 0.2) is 0 Å². The molecule has 110 valence electrons. The van der Waals surface area contributed by atoms with Crippen molar-refractivity contribution in [2.75, 3.05) is 18.0 Å². The first kappa shape index (κ1) is 16.5. The lowest BCUT2D eigenvalue weighted by atomic mass is 10.1. The highest BCUT2D eigenvalue weighted by Crippen LogP contribution is 2.27. The number of halogens is 1. The van der Waals surface area contributed by atoms with Gasteiger partial charge >= 0.3 is 0 Å². The van der Waals surface area contributed by atoms with Gasteiger partial charge in [0.25, 0.3) is 0 Å². The molecule has 0 atom stereocenters. The van der Waals surface area contributed by atoms with Crippen LogP contribution in [0.4, 0.5) is 5.69 Å². The minimum absolute atomic E-state index is 0. The first-order valence-corrected chi connectivity index (χ1v) is 6.35. The number of amides is 2. The second kappa shape index (κ2) is 6.24. The summed E-state index contributed by atoms with van der Waals surface area (Å²) in [5.74, 6) is -0.144. The maximum absolute atomic E-state index is 11.9. The molecule has 1 aliphatic rings. The van der Waals surface area contributed by atoms with Crippen LogP contribution in [0.5, 0.6) is 0 Å². The van der Waals surface area contributed by atoms with Gasteiger partial charge in [0, 0.05) is 18.8 Å². The fraction of sp³-hybridized carbons (Fsp3) is 0.429. The summed E-state index contributed by atoms with van der Waals surface area (Å²) in [4.78, 5) is 25.2. The number of rotatable bonds is 4. The van der Waals surface area contributed by atoms with Gasteiger partial charge in [-0.05, 0) is 25.5 Å². The Morgan fingerprint density at radius 2 is 2.05 bits per heavy atom. The first-order chi connectivity index (χ1) is 8.89. The van der Waals surface area contributed by atoms with E-state index in [0.717, 1.165) is 11.3 Å². The van der Waals surface area contributed by atoms with Crippen molar-refractivity contribution in [2.24, 2.45) is 5.73 Å². The van der Waals surface area contributed by atoms with Crippen molar-refractivity contribution < 1.29 is 9.59 Å². The lowest BCUT2D eigenvalue weighted by molar-refractivity contribution is -0.125. The zero-order valence-electron chi connectivity index (χ0n) is 11.7. The molecule has 0 saturated carbocycles. The lowest BCUT2D eigenvalue weighted by Crippen LogP contribution is -2.50. The van der Waals surface area contributed by atoms with E-state index in [4.69, 9.17) is 5.73 Å². The summed E-state index contributed by atoms with van der Waals surface area (Å²) >= 11 is 0. The zero-order chi connectivity index (χ0) is 14.0. The number of nitrogens with one attached hydrogen (secondary N) is 1. The molecule has 1 heterocycles. The van der Waals surface area contributed by atoms with Crippen molar-refractivity contribution >= 4 is 29.9 Å². The molecular weight excluding hydrogens is 278 g/mol. The molecule has 3 N–H and O–H groups in total. The summed E-state index contributed by atoms with van der Waals surface area (Å²) in [5, 5.41) is 2.74. The maximum Gasteiger partial charge on any atom is 0.239 e. The van der Waals surface area contributed by atoms with E-state index in [1.807, 2.05) is 24.3 Å². The highest BCUT2D eigenvalue weighted by molar-refractivity contribution is 6.01. The molecule has 0 unspecified atom stereocenters. The number of fused-ring (bicyclic) bond motifs is 1. The maximum atomic E-state index is 11.9. The Balaban J connectivity index is 0.00000200. The van der Waals surface area contributed by atoms with Gasteiger partial charge in [-0.15, -0.1) is 12.4 Å². The molecule has 0 bridgehead atoms. The van der Waals surface area contributed by atoms with E-state index < -0.39 is 5.54 Å². The number of benzene rings is 1. The van der Waals surface area contributed by atoms with Gasteiger partial charge in [0.1, 0.15) is 0 Å². The van der Waals surface area contributed by atoms with Crippen LogP contribution in [0, 0.1) is 0 Å². The molecule has 0 fully saturated rings. The van der Waals surface area contributed by atoms with Crippen LogP contribution in [0.3, 0.4) is 0 Å². The number of nitrogens with zero attached hydrogens (tertiary/aromatic N) is 1. The third kappa shape index (κ3) is 3.49. The standard InChI is InChI=1S/C14H19N3O2.ClH/c1-14(2,15)13(19)16-7-8-17-11-6-4-3-5-10(11)9-12(17)18;/h3-6H,7-9,15H2,1-2H3,(H,16,19);1H. The zero-order valence-corrected chi connectivity index (χ0v) is 12.5. The van der Waals surface area contributed by atoms with Crippen molar-refractivity contribution in [1.82, 2.24) is 5.32 Å². The number of para-hydroxylation sites is 1. The van der Waals surface area contributed by atoms with Crippen LogP contribution in [-0.4, -0.2) is 30.4 Å². The molecule has 0 aliphatic carbocycles. The molecule has 6 heteroatoms. The molecule has 0 saturated heterocycles. The van der Waals surface area contributed by atoms with Crippen LogP contribution in [0.25, 0.3) is 0 Å². The molecule has 2 rings (SSSR count). The normalized spacial score (nSPS) is 13.8. The Bertz CT molecular complexity index is 511. The summed E-state index contributed by atoms with van der Waals surface area (Å²) < 4.78 is 0. The molecule has 0 radical (unpaired) electrons. The summed E-state index contributed by atoms with van der Waals surface area (Å²) in [7, 11) is 0. The number of hydrogen-bond acceptors (Lipinski definition) is 3. The van der Waals surface area contributed by atoms with E-state index in [-0.39, 0.29) is 24.2 Å². The second-order valence-corrected chi connectivity index (χ2v) is 5.33. The average Bonchev–Trinajstić information content (AvgIpc) is 2.64. The highest BCUT2D eigenvalue weighted by atomic mass is 35.5. The largest absolute Gasteiger partial charge is 0.353 e. The summed E-state index contributed by atoms with van der Waals surface area (Å²) in [5.41, 5.74) is 6.77. The Kier molecular flexibility index (Phi) is 5.14. The Labute approximate surface area is 124 Å². The molecular formula is C14H20ClN3O2. The van der Waals surface area contributed by atoms with Gasteiger partial charge in [-0.3, -0.25) is 9.59 Å². The molecule has 20 heavy (non-hydrogen) atoms. The van der Waals surface area contributed by atoms with E-state index in [1.165, 1.54) is 0 Å². The number of carbonyl (C=O) groups excluding carboxylic acids is 2. The molecule has 1 aromatic carbocycles. The topological polar surface area (TPSA) is 75.4 Å². The second-order valence-electron chi connectivity index (χ2n) is 5.33. The van der Waals surface area contributed by atoms with Gasteiger partial charge in [-0.2, -0.15) is 0 Å². The molecule has 5 nitrogen and oxygen atoms in total. The summed E-state index contributed by atoms with van der Waals surface area (Å²) in [6, 6.07) is 7.71. The number of carbonyl (C=O) groups is 2. The molecule has 0 aromatic heterocycles. The molecule has 2 amide bonds. The van der Waals surface area contributed by atoms with Crippen molar-refractivity contribution in [3.05, 3.63) is 29.8 Å². The predicted molar refractivity (Wildman–Crippen MR) is 81.0 cm³/mol. The first-order valence-electron chi connectivity index (χ1n) is 6.35. The highest BCUT2D eigenvalue weighted by Gasteiger charge is 2.27. The van der Waals surface area contributed by atoms with Crippen LogP contribution < -0.4 is 16.0 Å². The summed E-state index contributed by atoms with van der Waals surface area (Å²) in [6.07, 6.45) is 0.437. The predicted octanol–water partition coefficient (Wildman–Crippen LogP) is 0.851. The number of hydrogen-bond donors (Lipinski definition) is 2. The molecule has 1 aromatic rings. The summed E-state index contributed by atoms with van der Waals surface area (Å²) in [6.45, 7) is 4.18. The number of nitrogens with two attached hydrogens (primary N) is 1. The van der Waals surface area contributed by atoms with E-state index in [9.17, 15) is 9.59 Å². The van der Waals surface area contributed by atoms with Crippen molar-refractivity contribution in [1.29, 1.82) is 0 Å². The smallest absolute Gasteiger partial charge is 0.239 e. The minimum Gasteiger partial charge on any atom is -0.353 e. The van der Waals surface area contributed by atoms with E-state index in [0.29, 0.717) is 19.5 Å². The molecule has 0 spiro atoms. The minimum atomic E-state index is -0.896. The Morgan fingerprint density at radius 1 is 1.40 bits per heavy atom. The van der Waals surface area contributed by atoms with Crippen LogP contribution in [0.2, 0.25) is 0 Å². The van der Waals surface area contributed by atoms with Gasteiger partial charge in [0.2, 0.25) is 11.8 Å². The van der Waals surface area contributed by atoms with Gasteiger partial charge in [0.05, 0.1) is 12.0 Å². The van der Waals surface area contributed by atoms with Gasteiger partial charge < -0.3 is 16.0 Å². The number of anilines is 1. The lowest BCUT2D eigenvalue weighted by Gasteiger charge is -2.21. The third-order valence-electron chi connectivity index (χ3n) is 3.13. The van der Waals surface area contributed by atoms with E-state index >= 15 is 0 Å². The van der Waals surface area contributed by atoms with E-state index in [2.05, 4.69) is 5.32 Å². The van der Waals surface area contributed by atoms with Crippen LogP contribution in [0.15, 0.2) is 24.3 Å². The molecule has 1 aliphatic heterocycles. The van der Waals surface area contributed by atoms with Crippen molar-refractivity contribution in [3.63, 3.8) is 0 Å². The fourth-order valence-corrected chi connectivity index (χ4v) is 2.07. The quantitative estimate of drug-likeness (QED) is 0.865. The fourth-order valence-electron chi connectivity index (χ4n) is 2.07. The van der Waals surface area contributed by atoms with Crippen LogP contribution >= 0.6 is 12.4 Å². The average molecular weight is 298 g/mol.